The van der Waals surface area contributed by atoms with Crippen LogP contribution in [0.2, 0.25) is 0 Å². The van der Waals surface area contributed by atoms with Gasteiger partial charge in [0.15, 0.2) is 0 Å². The first-order valence-electron chi connectivity index (χ1n) is 10.2. The monoisotopic (exact) mass is 396 g/mol. The Morgan fingerprint density at radius 1 is 1.00 bits per heavy atom. The molecule has 3 rings (SSSR count). The number of rotatable bonds is 4. The van der Waals surface area contributed by atoms with Crippen molar-refractivity contribution < 1.29 is 19.4 Å². The molecule has 0 amide bonds. The molecule has 0 spiro atoms. The van der Waals surface area contributed by atoms with Gasteiger partial charge in [0.1, 0.15) is 24.0 Å². The van der Waals surface area contributed by atoms with Crippen LogP contribution < -0.4 is 9.47 Å². The summed E-state index contributed by atoms with van der Waals surface area (Å²) >= 11 is 0. The highest BCUT2D eigenvalue weighted by molar-refractivity contribution is 5.91. The number of esters is 1. The van der Waals surface area contributed by atoms with Crippen LogP contribution in [0.5, 0.6) is 11.5 Å². The average Bonchev–Trinajstić information content (AvgIpc) is 2.93. The lowest BCUT2D eigenvalue weighted by atomic mass is 9.77. The Morgan fingerprint density at radius 2 is 1.69 bits per heavy atom. The number of benzene rings is 2. The molecule has 0 saturated heterocycles. The van der Waals surface area contributed by atoms with Crippen molar-refractivity contribution in [3.8, 4) is 11.5 Å². The molecular formula is C25H32O4. The summed E-state index contributed by atoms with van der Waals surface area (Å²) in [6, 6.07) is 10.0. The van der Waals surface area contributed by atoms with Gasteiger partial charge in [0.2, 0.25) is 0 Å². The van der Waals surface area contributed by atoms with E-state index in [1.54, 1.807) is 0 Å². The lowest BCUT2D eigenvalue weighted by Crippen LogP contribution is -2.17. The summed E-state index contributed by atoms with van der Waals surface area (Å²) in [5.41, 5.74) is 4.92. The van der Waals surface area contributed by atoms with Gasteiger partial charge in [0.25, 0.3) is 0 Å². The van der Waals surface area contributed by atoms with Crippen LogP contribution in [0.15, 0.2) is 30.3 Å². The van der Waals surface area contributed by atoms with Crippen LogP contribution in [0.1, 0.15) is 75.3 Å². The Balaban J connectivity index is 2.15. The largest absolute Gasteiger partial charge is 0.491 e. The van der Waals surface area contributed by atoms with Gasteiger partial charge in [0, 0.05) is 11.1 Å². The van der Waals surface area contributed by atoms with E-state index < -0.39 is 5.92 Å². The molecule has 1 N–H and O–H groups in total. The number of aliphatic hydroxyl groups is 1. The van der Waals surface area contributed by atoms with Crippen LogP contribution in [0.3, 0.4) is 0 Å². The van der Waals surface area contributed by atoms with E-state index in [0.29, 0.717) is 11.5 Å². The van der Waals surface area contributed by atoms with Gasteiger partial charge >= 0.3 is 5.97 Å². The quantitative estimate of drug-likeness (QED) is 0.583. The van der Waals surface area contributed by atoms with Crippen molar-refractivity contribution >= 4 is 5.97 Å². The van der Waals surface area contributed by atoms with Crippen molar-refractivity contribution in [1.82, 2.24) is 0 Å². The molecule has 0 aliphatic carbocycles. The average molecular weight is 397 g/mol. The first kappa shape index (κ1) is 21.4. The maximum atomic E-state index is 13.0. The minimum atomic E-state index is -0.444. The molecule has 4 nitrogen and oxygen atoms in total. The third-order valence-electron chi connectivity index (χ3n) is 5.45. The first-order valence-corrected chi connectivity index (χ1v) is 10.2. The van der Waals surface area contributed by atoms with Crippen molar-refractivity contribution in [3.05, 3.63) is 58.1 Å². The fourth-order valence-electron chi connectivity index (χ4n) is 3.78. The molecule has 1 aliphatic rings. The summed E-state index contributed by atoms with van der Waals surface area (Å²) in [5.74, 6) is 0.718. The predicted octanol–water partition coefficient (Wildman–Crippen LogP) is 5.01. The molecule has 2 aromatic carbocycles. The molecule has 0 bridgehead atoms. The highest BCUT2D eigenvalue weighted by Crippen LogP contribution is 2.47. The topological polar surface area (TPSA) is 55.8 Å². The molecule has 0 aromatic heterocycles. The lowest BCUT2D eigenvalue weighted by molar-refractivity contribution is -0.133. The Morgan fingerprint density at radius 3 is 2.24 bits per heavy atom. The minimum Gasteiger partial charge on any atom is -0.491 e. The molecule has 156 valence electrons. The highest BCUT2D eigenvalue weighted by Gasteiger charge is 2.40. The second-order valence-electron chi connectivity index (χ2n) is 9.89. The van der Waals surface area contributed by atoms with E-state index in [-0.39, 0.29) is 30.0 Å². The van der Waals surface area contributed by atoms with E-state index in [1.165, 1.54) is 5.56 Å². The predicted molar refractivity (Wildman–Crippen MR) is 115 cm³/mol. The lowest BCUT2D eigenvalue weighted by Gasteiger charge is -2.27. The Hall–Kier alpha value is -2.33. The van der Waals surface area contributed by atoms with Crippen LogP contribution in [0, 0.1) is 6.92 Å². The van der Waals surface area contributed by atoms with Crippen molar-refractivity contribution in [1.29, 1.82) is 0 Å². The molecule has 0 fully saturated rings. The third-order valence-corrected chi connectivity index (χ3v) is 5.45. The van der Waals surface area contributed by atoms with Crippen molar-refractivity contribution in [2.24, 2.45) is 0 Å². The van der Waals surface area contributed by atoms with Crippen molar-refractivity contribution in [2.75, 3.05) is 13.2 Å². The SMILES string of the molecule is Cc1cc(OCCO)ccc1C1C(=O)Oc2c1cc(C(C)(C)C)cc2C(C)(C)C. The second-order valence-corrected chi connectivity index (χ2v) is 9.89. The second kappa shape index (κ2) is 7.49. The van der Waals surface area contributed by atoms with E-state index in [0.717, 1.165) is 22.3 Å². The van der Waals surface area contributed by atoms with E-state index in [2.05, 4.69) is 53.7 Å². The number of ether oxygens (including phenoxy) is 2. The number of hydrogen-bond donors (Lipinski definition) is 1. The number of hydrogen-bond acceptors (Lipinski definition) is 4. The fourth-order valence-corrected chi connectivity index (χ4v) is 3.78. The zero-order valence-electron chi connectivity index (χ0n) is 18.6. The van der Waals surface area contributed by atoms with Gasteiger partial charge < -0.3 is 14.6 Å². The van der Waals surface area contributed by atoms with E-state index in [4.69, 9.17) is 14.6 Å². The zero-order valence-corrected chi connectivity index (χ0v) is 18.6. The van der Waals surface area contributed by atoms with Crippen molar-refractivity contribution in [3.63, 3.8) is 0 Å². The van der Waals surface area contributed by atoms with E-state index in [9.17, 15) is 4.79 Å². The molecular weight excluding hydrogens is 364 g/mol. The van der Waals surface area contributed by atoms with E-state index >= 15 is 0 Å². The fraction of sp³-hybridized carbons (Fsp3) is 0.480. The zero-order chi connectivity index (χ0) is 21.6. The number of carbonyl (C=O) groups excluding carboxylic acids is 1. The number of fused-ring (bicyclic) bond motifs is 1. The van der Waals surface area contributed by atoms with Gasteiger partial charge in [-0.15, -0.1) is 0 Å². The molecule has 0 radical (unpaired) electrons. The van der Waals surface area contributed by atoms with Gasteiger partial charge in [-0.1, -0.05) is 59.7 Å². The van der Waals surface area contributed by atoms with Crippen LogP contribution in [-0.2, 0) is 15.6 Å². The normalized spacial score (nSPS) is 16.6. The standard InChI is InChI=1S/C25H32O4/c1-15-12-17(28-11-10-26)8-9-18(15)21-19-13-16(24(2,3)4)14-20(25(5,6)7)22(19)29-23(21)27/h8-9,12-14,21,26H,10-11H2,1-7H3. The summed E-state index contributed by atoms with van der Waals surface area (Å²) in [7, 11) is 0. The van der Waals surface area contributed by atoms with Crippen LogP contribution in [0.4, 0.5) is 0 Å². The summed E-state index contributed by atoms with van der Waals surface area (Å²) in [6.07, 6.45) is 0. The highest BCUT2D eigenvalue weighted by atomic mass is 16.5. The van der Waals surface area contributed by atoms with Gasteiger partial charge in [-0.05, 0) is 46.6 Å². The first-order chi connectivity index (χ1) is 13.4. The van der Waals surface area contributed by atoms with Gasteiger partial charge in [-0.3, -0.25) is 4.79 Å². The molecule has 0 saturated carbocycles. The van der Waals surface area contributed by atoms with Crippen molar-refractivity contribution in [2.45, 2.75) is 65.2 Å². The molecule has 29 heavy (non-hydrogen) atoms. The summed E-state index contributed by atoms with van der Waals surface area (Å²) in [5, 5.41) is 8.97. The molecule has 1 atom stereocenters. The summed E-state index contributed by atoms with van der Waals surface area (Å²) < 4.78 is 11.4. The molecule has 1 heterocycles. The van der Waals surface area contributed by atoms with Crippen LogP contribution >= 0.6 is 0 Å². The Kier molecular flexibility index (Phi) is 5.52. The number of carbonyl (C=O) groups is 1. The maximum Gasteiger partial charge on any atom is 0.323 e. The van der Waals surface area contributed by atoms with Crippen LogP contribution in [0.25, 0.3) is 0 Å². The van der Waals surface area contributed by atoms with Gasteiger partial charge in [-0.25, -0.2) is 0 Å². The molecule has 1 unspecified atom stereocenters. The Labute approximate surface area is 173 Å². The molecule has 4 heteroatoms. The Bertz CT molecular complexity index is 929. The number of aryl methyl sites for hydroxylation is 1. The molecule has 2 aromatic rings. The number of aliphatic hydroxyl groups excluding tert-OH is 1. The third kappa shape index (κ3) is 4.18. The molecule has 1 aliphatic heterocycles. The van der Waals surface area contributed by atoms with E-state index in [1.807, 2.05) is 25.1 Å². The smallest absolute Gasteiger partial charge is 0.323 e. The summed E-state index contributed by atoms with van der Waals surface area (Å²) in [6.45, 7) is 15.2. The van der Waals surface area contributed by atoms with Gasteiger partial charge in [-0.2, -0.15) is 0 Å². The summed E-state index contributed by atoms with van der Waals surface area (Å²) in [4.78, 5) is 13.0. The van der Waals surface area contributed by atoms with Gasteiger partial charge in [0.05, 0.1) is 6.61 Å². The van der Waals surface area contributed by atoms with Crippen LogP contribution in [-0.4, -0.2) is 24.3 Å². The maximum absolute atomic E-state index is 13.0. The minimum absolute atomic E-state index is 0.0334.